The molecule has 0 amide bonds. The van der Waals surface area contributed by atoms with Gasteiger partial charge < -0.3 is 35.4 Å². The van der Waals surface area contributed by atoms with Crippen LogP contribution < -0.4 is 0 Å². The summed E-state index contributed by atoms with van der Waals surface area (Å²) in [6.45, 7) is 2.06. The molecule has 3 heteroatoms. The molecule has 2 rings (SSSR count). The summed E-state index contributed by atoms with van der Waals surface area (Å²) in [7, 11) is 0. The topological polar surface area (TPSA) is 37.3 Å². The Bertz CT molecular complexity index is 278. The number of unbranched alkanes of at least 4 members (excludes halogenated alkanes) is 2. The van der Waals surface area contributed by atoms with Crippen molar-refractivity contribution in [3.05, 3.63) is 60.7 Å². The van der Waals surface area contributed by atoms with Gasteiger partial charge in [-0.3, -0.25) is 4.79 Å². The number of hydrogen-bond donors (Lipinski definition) is 1. The summed E-state index contributed by atoms with van der Waals surface area (Å²) < 4.78 is 0. The summed E-state index contributed by atoms with van der Waals surface area (Å²) in [5, 5.41) is 8.14. The van der Waals surface area contributed by atoms with Gasteiger partial charge >= 0.3 is 5.97 Å². The Hall–Kier alpha value is -1.31. The molecule has 2 aromatic rings. The molecule has 19 heavy (non-hydrogen) atoms. The first-order valence-corrected chi connectivity index (χ1v) is 6.32. The molecule has 0 aliphatic rings. The average Bonchev–Trinajstić information content (AvgIpc) is 3.08. The van der Waals surface area contributed by atoms with Crippen molar-refractivity contribution in [2.24, 2.45) is 0 Å². The first-order valence-electron chi connectivity index (χ1n) is 6.32. The Balaban J connectivity index is 0. The fourth-order valence-electron chi connectivity index (χ4n) is 1.17. The summed E-state index contributed by atoms with van der Waals surface area (Å²) >= 11 is 0. The Labute approximate surface area is 126 Å². The van der Waals surface area contributed by atoms with Crippen LogP contribution in [-0.2, 0) is 21.9 Å². The second kappa shape index (κ2) is 16.7. The molecule has 2 nitrogen and oxygen atoms in total. The summed E-state index contributed by atoms with van der Waals surface area (Å²) in [5.74, 6) is -0.682. The van der Waals surface area contributed by atoms with Crippen LogP contribution in [0.2, 0.25) is 0 Å². The van der Waals surface area contributed by atoms with Crippen molar-refractivity contribution in [3.8, 4) is 0 Å². The molecule has 0 aliphatic heterocycles. The third-order valence-corrected chi connectivity index (χ3v) is 2.11. The van der Waals surface area contributed by atoms with Crippen molar-refractivity contribution in [2.45, 2.75) is 32.6 Å². The summed E-state index contributed by atoms with van der Waals surface area (Å²) in [4.78, 5) is 9.87. The molecule has 112 valence electrons. The van der Waals surface area contributed by atoms with Gasteiger partial charge in [0.15, 0.2) is 0 Å². The number of carbonyl (C=O) groups is 1. The fraction of sp³-hybridized carbons (Fsp3) is 0.312. The van der Waals surface area contributed by atoms with E-state index in [1.165, 1.54) is 0 Å². The zero-order valence-electron chi connectivity index (χ0n) is 11.3. The summed E-state index contributed by atoms with van der Waals surface area (Å²) in [5.41, 5.74) is 0. The number of hydrogen-bond acceptors (Lipinski definition) is 1. The molecule has 0 unspecified atom stereocenters. The van der Waals surface area contributed by atoms with E-state index in [1.54, 1.807) is 0 Å². The Kier molecular flexibility index (Phi) is 17.6. The Morgan fingerprint density at radius 1 is 1.00 bits per heavy atom. The Morgan fingerprint density at radius 3 is 1.74 bits per heavy atom. The Morgan fingerprint density at radius 2 is 1.47 bits per heavy atom. The minimum atomic E-state index is -0.682. The predicted octanol–water partition coefficient (Wildman–Crippen LogP) is 4.46. The monoisotopic (exact) mass is 302 g/mol. The van der Waals surface area contributed by atoms with E-state index in [1.807, 2.05) is 60.7 Å². The van der Waals surface area contributed by atoms with Crippen molar-refractivity contribution < 1.29 is 27.0 Å². The molecule has 1 N–H and O–H groups in total. The third kappa shape index (κ3) is 19.2. The van der Waals surface area contributed by atoms with Crippen molar-refractivity contribution in [1.82, 2.24) is 0 Å². The van der Waals surface area contributed by atoms with Crippen molar-refractivity contribution >= 4 is 5.97 Å². The normalized spacial score (nSPS) is 8.05. The van der Waals surface area contributed by atoms with Crippen LogP contribution in [0.3, 0.4) is 0 Å². The van der Waals surface area contributed by atoms with Gasteiger partial charge in [-0.05, 0) is 6.42 Å². The third-order valence-electron chi connectivity index (χ3n) is 2.11. The van der Waals surface area contributed by atoms with E-state index in [-0.39, 0.29) is 17.1 Å². The summed E-state index contributed by atoms with van der Waals surface area (Å²) in [6.07, 6.45) is 3.28. The summed E-state index contributed by atoms with van der Waals surface area (Å²) in [6, 6.07) is 20.0. The van der Waals surface area contributed by atoms with Crippen LogP contribution in [0, 0.1) is 0 Å². The van der Waals surface area contributed by atoms with Crippen LogP contribution in [0.5, 0.6) is 0 Å². The number of aliphatic carboxylic acids is 1. The predicted molar refractivity (Wildman–Crippen MR) is 75.8 cm³/mol. The number of carboxylic acid groups (broad SMARTS) is 1. The van der Waals surface area contributed by atoms with E-state index in [9.17, 15) is 4.79 Å². The second-order valence-corrected chi connectivity index (χ2v) is 3.78. The SMILES string of the molecule is CCCCCC(=O)O.[Fe].[cH-]1[cH-][cH-][cH-][cH-]1.c1cc[cH-]c1. The van der Waals surface area contributed by atoms with Crippen molar-refractivity contribution in [1.29, 1.82) is 0 Å². The van der Waals surface area contributed by atoms with Gasteiger partial charge in [-0.2, -0.15) is 18.2 Å². The van der Waals surface area contributed by atoms with Gasteiger partial charge in [0.05, 0.1) is 0 Å². The van der Waals surface area contributed by atoms with Crippen LogP contribution in [-0.4, -0.2) is 11.1 Å². The minimum absolute atomic E-state index is 0. The number of carboxylic acids is 1. The van der Waals surface area contributed by atoms with Gasteiger partial charge in [-0.15, -0.1) is 0 Å². The van der Waals surface area contributed by atoms with Gasteiger partial charge in [-0.1, -0.05) is 19.8 Å². The van der Waals surface area contributed by atoms with E-state index >= 15 is 0 Å². The zero-order valence-corrected chi connectivity index (χ0v) is 12.4. The molecule has 0 spiro atoms. The molecule has 0 saturated carbocycles. The maximum atomic E-state index is 9.87. The maximum absolute atomic E-state index is 9.87. The van der Waals surface area contributed by atoms with E-state index in [0.717, 1.165) is 19.3 Å². The van der Waals surface area contributed by atoms with E-state index in [4.69, 9.17) is 5.11 Å². The van der Waals surface area contributed by atoms with Crippen LogP contribution in [0.15, 0.2) is 60.7 Å². The van der Waals surface area contributed by atoms with Crippen LogP contribution in [0.1, 0.15) is 32.6 Å². The molecule has 0 fully saturated rings. The van der Waals surface area contributed by atoms with Gasteiger partial charge in [0, 0.05) is 23.5 Å². The molecule has 2 aromatic carbocycles. The van der Waals surface area contributed by atoms with Gasteiger partial charge in [-0.25, -0.2) is 12.1 Å². The van der Waals surface area contributed by atoms with E-state index < -0.39 is 5.97 Å². The van der Waals surface area contributed by atoms with Gasteiger partial charge in [0.25, 0.3) is 0 Å². The quantitative estimate of drug-likeness (QED) is 0.514. The molecule has 0 saturated heterocycles. The van der Waals surface area contributed by atoms with Crippen LogP contribution in [0.4, 0.5) is 0 Å². The number of rotatable bonds is 4. The molecule has 0 aliphatic carbocycles. The molecular weight excluding hydrogens is 280 g/mol. The van der Waals surface area contributed by atoms with Crippen LogP contribution >= 0.6 is 0 Å². The molecular formula is C16H22FeO2-6. The van der Waals surface area contributed by atoms with E-state index in [0.29, 0.717) is 6.42 Å². The maximum Gasteiger partial charge on any atom is 0.303 e. The molecule has 0 bridgehead atoms. The zero-order chi connectivity index (χ0) is 13.5. The second-order valence-electron chi connectivity index (χ2n) is 3.78. The first kappa shape index (κ1) is 20.0. The largest absolute Gasteiger partial charge is 0.748 e. The van der Waals surface area contributed by atoms with Gasteiger partial charge in [0.1, 0.15) is 0 Å². The van der Waals surface area contributed by atoms with Gasteiger partial charge in [0.2, 0.25) is 0 Å². The van der Waals surface area contributed by atoms with Crippen LogP contribution in [0.25, 0.3) is 0 Å². The molecule has 0 atom stereocenters. The van der Waals surface area contributed by atoms with E-state index in [2.05, 4.69) is 6.92 Å². The molecule has 0 heterocycles. The smallest absolute Gasteiger partial charge is 0.303 e. The minimum Gasteiger partial charge on any atom is -0.748 e. The average molecular weight is 302 g/mol. The fourth-order valence-corrected chi connectivity index (χ4v) is 1.17. The molecule has 0 aromatic heterocycles. The first-order chi connectivity index (χ1) is 8.77. The standard InChI is InChI=1S/C6H12O2.2C5H5.Fe/c1-2-3-4-5-6(7)8;2*1-2-4-5-3-1;/h2-5H2,1H3,(H,7,8);2*1-5H;/q;-5;-1;. The molecule has 0 radical (unpaired) electrons. The van der Waals surface area contributed by atoms with Crippen molar-refractivity contribution in [2.75, 3.05) is 0 Å². The van der Waals surface area contributed by atoms with Crippen molar-refractivity contribution in [3.63, 3.8) is 0 Å².